The number of ether oxygens (including phenoxy) is 1. The first kappa shape index (κ1) is 13.1. The second kappa shape index (κ2) is 5.02. The number of imide groups is 1. The van der Waals surface area contributed by atoms with E-state index in [1.807, 2.05) is 0 Å². The molecule has 8 nitrogen and oxygen atoms in total. The Balaban J connectivity index is 1.62. The van der Waals surface area contributed by atoms with E-state index in [4.69, 9.17) is 4.74 Å². The summed E-state index contributed by atoms with van der Waals surface area (Å²) in [4.78, 5) is 25.9. The highest BCUT2D eigenvalue weighted by Gasteiger charge is 2.36. The second-order valence-corrected chi connectivity index (χ2v) is 4.78. The molecular formula is C15H9N5O3. The van der Waals surface area contributed by atoms with Gasteiger partial charge in [0.05, 0.1) is 16.8 Å². The quantitative estimate of drug-likeness (QED) is 0.740. The van der Waals surface area contributed by atoms with E-state index in [0.29, 0.717) is 22.6 Å². The molecule has 1 aromatic heterocycles. The monoisotopic (exact) mass is 307 g/mol. The second-order valence-electron chi connectivity index (χ2n) is 4.78. The first-order chi connectivity index (χ1) is 11.2. The van der Waals surface area contributed by atoms with Crippen LogP contribution in [0.2, 0.25) is 0 Å². The van der Waals surface area contributed by atoms with Crippen LogP contribution in [0.5, 0.6) is 11.8 Å². The number of fused-ring (bicyclic) bond motifs is 1. The molecule has 1 N–H and O–H groups in total. The molecule has 0 aliphatic carbocycles. The number of hydrogen-bond acceptors (Lipinski definition) is 6. The summed E-state index contributed by atoms with van der Waals surface area (Å²) < 4.78 is 5.35. The Bertz CT molecular complexity index is 855. The minimum Gasteiger partial charge on any atom is -0.422 e. The zero-order valence-electron chi connectivity index (χ0n) is 11.6. The van der Waals surface area contributed by atoms with Crippen LogP contribution in [0.15, 0.2) is 48.5 Å². The average Bonchev–Trinajstić information content (AvgIpc) is 3.17. The van der Waals surface area contributed by atoms with E-state index >= 15 is 0 Å². The SMILES string of the molecule is O=C1c2ccccc2C(=O)N1c1ccc(Oc2nn[nH]n2)cc1. The van der Waals surface area contributed by atoms with Crippen LogP contribution in [0.4, 0.5) is 5.69 Å². The van der Waals surface area contributed by atoms with Gasteiger partial charge < -0.3 is 4.74 Å². The lowest BCUT2D eigenvalue weighted by atomic mass is 10.1. The number of aromatic amines is 1. The lowest BCUT2D eigenvalue weighted by molar-refractivity contribution is 0.0926. The molecule has 0 unspecified atom stereocenters. The number of anilines is 1. The molecule has 8 heteroatoms. The molecule has 2 heterocycles. The number of nitrogens with zero attached hydrogens (tertiary/aromatic N) is 4. The fourth-order valence-corrected chi connectivity index (χ4v) is 2.39. The molecule has 0 spiro atoms. The number of hydrogen-bond donors (Lipinski definition) is 1. The van der Waals surface area contributed by atoms with Gasteiger partial charge in [-0.15, -0.1) is 0 Å². The van der Waals surface area contributed by atoms with Gasteiger partial charge in [0, 0.05) is 0 Å². The van der Waals surface area contributed by atoms with Crippen molar-refractivity contribution in [2.75, 3.05) is 4.90 Å². The van der Waals surface area contributed by atoms with E-state index in [2.05, 4.69) is 20.6 Å². The zero-order valence-corrected chi connectivity index (χ0v) is 11.6. The van der Waals surface area contributed by atoms with Crippen LogP contribution in [0.1, 0.15) is 20.7 Å². The maximum Gasteiger partial charge on any atom is 0.361 e. The Morgan fingerprint density at radius 3 is 2.13 bits per heavy atom. The molecule has 0 fully saturated rings. The minimum absolute atomic E-state index is 0.0819. The molecule has 112 valence electrons. The predicted octanol–water partition coefficient (Wildman–Crippen LogP) is 1.79. The topological polar surface area (TPSA) is 101 Å². The molecule has 2 amide bonds. The van der Waals surface area contributed by atoms with Gasteiger partial charge in [-0.25, -0.2) is 4.90 Å². The third kappa shape index (κ3) is 2.13. The number of rotatable bonds is 3. The van der Waals surface area contributed by atoms with E-state index in [-0.39, 0.29) is 17.8 Å². The Morgan fingerprint density at radius 2 is 1.57 bits per heavy atom. The summed E-state index contributed by atoms with van der Waals surface area (Å²) in [6, 6.07) is 13.3. The summed E-state index contributed by atoms with van der Waals surface area (Å²) >= 11 is 0. The fourth-order valence-electron chi connectivity index (χ4n) is 2.39. The van der Waals surface area contributed by atoms with Crippen molar-refractivity contribution < 1.29 is 14.3 Å². The number of benzene rings is 2. The van der Waals surface area contributed by atoms with Gasteiger partial charge in [-0.1, -0.05) is 22.3 Å². The van der Waals surface area contributed by atoms with Crippen molar-refractivity contribution in [3.63, 3.8) is 0 Å². The first-order valence-electron chi connectivity index (χ1n) is 6.73. The average molecular weight is 307 g/mol. The third-order valence-corrected chi connectivity index (χ3v) is 3.42. The van der Waals surface area contributed by atoms with Gasteiger partial charge in [-0.2, -0.15) is 5.21 Å². The molecule has 0 bridgehead atoms. The van der Waals surface area contributed by atoms with Crippen molar-refractivity contribution in [1.82, 2.24) is 20.6 Å². The van der Waals surface area contributed by atoms with Crippen molar-refractivity contribution in [3.8, 4) is 11.8 Å². The smallest absolute Gasteiger partial charge is 0.361 e. The van der Waals surface area contributed by atoms with E-state index in [1.54, 1.807) is 48.5 Å². The molecule has 23 heavy (non-hydrogen) atoms. The van der Waals surface area contributed by atoms with Crippen molar-refractivity contribution in [3.05, 3.63) is 59.7 Å². The first-order valence-corrected chi connectivity index (χ1v) is 6.73. The largest absolute Gasteiger partial charge is 0.422 e. The Labute approximate surface area is 129 Å². The van der Waals surface area contributed by atoms with Crippen LogP contribution in [0.25, 0.3) is 0 Å². The van der Waals surface area contributed by atoms with Crippen molar-refractivity contribution in [2.24, 2.45) is 0 Å². The highest BCUT2D eigenvalue weighted by Crippen LogP contribution is 2.29. The molecule has 3 aromatic rings. The number of carbonyl (C=O) groups excluding carboxylic acids is 2. The zero-order chi connectivity index (χ0) is 15.8. The summed E-state index contributed by atoms with van der Waals surface area (Å²) in [5.41, 5.74) is 1.28. The summed E-state index contributed by atoms with van der Waals surface area (Å²) in [7, 11) is 0. The van der Waals surface area contributed by atoms with Gasteiger partial charge in [0.25, 0.3) is 11.8 Å². The van der Waals surface area contributed by atoms with Gasteiger partial charge in [0.2, 0.25) is 0 Å². The summed E-state index contributed by atoms with van der Waals surface area (Å²) in [6.07, 6.45) is 0. The van der Waals surface area contributed by atoms with Crippen LogP contribution in [0.3, 0.4) is 0 Å². The summed E-state index contributed by atoms with van der Waals surface area (Å²) in [5, 5.41) is 13.0. The number of nitrogens with one attached hydrogen (secondary N) is 1. The summed E-state index contributed by atoms with van der Waals surface area (Å²) in [6.45, 7) is 0. The number of tetrazole rings is 1. The van der Waals surface area contributed by atoms with Crippen molar-refractivity contribution in [1.29, 1.82) is 0 Å². The Kier molecular flexibility index (Phi) is 2.87. The molecule has 1 aliphatic heterocycles. The molecule has 1 aliphatic rings. The minimum atomic E-state index is -0.336. The van der Waals surface area contributed by atoms with E-state index < -0.39 is 0 Å². The van der Waals surface area contributed by atoms with Gasteiger partial charge in [0.1, 0.15) is 5.75 Å². The standard InChI is InChI=1S/C15H9N5O3/c21-13-11-3-1-2-4-12(11)14(22)20(13)9-5-7-10(8-6-9)23-15-16-18-19-17-15/h1-8H,(H,16,17,18,19). The van der Waals surface area contributed by atoms with E-state index in [1.165, 1.54) is 0 Å². The van der Waals surface area contributed by atoms with Crippen LogP contribution in [-0.4, -0.2) is 32.4 Å². The van der Waals surface area contributed by atoms with Crippen LogP contribution < -0.4 is 9.64 Å². The number of aromatic nitrogens is 4. The fraction of sp³-hybridized carbons (Fsp3) is 0. The molecule has 0 saturated carbocycles. The van der Waals surface area contributed by atoms with Crippen LogP contribution in [-0.2, 0) is 0 Å². The molecule has 0 saturated heterocycles. The normalized spacial score (nSPS) is 13.3. The Morgan fingerprint density at radius 1 is 0.913 bits per heavy atom. The van der Waals surface area contributed by atoms with Gasteiger partial charge in [0.15, 0.2) is 0 Å². The van der Waals surface area contributed by atoms with Crippen LogP contribution >= 0.6 is 0 Å². The maximum atomic E-state index is 12.4. The Hall–Kier alpha value is -3.55. The molecule has 0 radical (unpaired) electrons. The number of amides is 2. The van der Waals surface area contributed by atoms with E-state index in [9.17, 15) is 9.59 Å². The van der Waals surface area contributed by atoms with Crippen molar-refractivity contribution >= 4 is 17.5 Å². The number of carbonyl (C=O) groups is 2. The van der Waals surface area contributed by atoms with Crippen LogP contribution in [0, 0.1) is 0 Å². The molecule has 4 rings (SSSR count). The van der Waals surface area contributed by atoms with Crippen molar-refractivity contribution in [2.45, 2.75) is 0 Å². The summed E-state index contributed by atoms with van der Waals surface area (Å²) in [5.74, 6) is -0.207. The predicted molar refractivity (Wildman–Crippen MR) is 78.3 cm³/mol. The molecular weight excluding hydrogens is 298 g/mol. The number of H-pyrrole nitrogens is 1. The highest BCUT2D eigenvalue weighted by atomic mass is 16.5. The van der Waals surface area contributed by atoms with Gasteiger partial charge in [-0.3, -0.25) is 9.59 Å². The van der Waals surface area contributed by atoms with Gasteiger partial charge >= 0.3 is 6.01 Å². The van der Waals surface area contributed by atoms with Gasteiger partial charge in [-0.05, 0) is 41.6 Å². The third-order valence-electron chi connectivity index (χ3n) is 3.42. The lowest BCUT2D eigenvalue weighted by Gasteiger charge is -2.14. The van der Waals surface area contributed by atoms with E-state index in [0.717, 1.165) is 4.90 Å². The lowest BCUT2D eigenvalue weighted by Crippen LogP contribution is -2.29. The maximum absolute atomic E-state index is 12.4. The highest BCUT2D eigenvalue weighted by molar-refractivity contribution is 6.34. The molecule has 2 aromatic carbocycles. The molecule has 0 atom stereocenters.